The molecule has 0 aromatic carbocycles. The van der Waals surface area contributed by atoms with E-state index in [2.05, 4.69) is 47.9 Å². The zero-order valence-electron chi connectivity index (χ0n) is 10.9. The topological polar surface area (TPSA) is 41.0 Å². The molecule has 0 atom stereocenters. The molecule has 0 aliphatic carbocycles. The quantitative estimate of drug-likeness (QED) is 0.795. The molecule has 0 aliphatic heterocycles. The third-order valence-corrected chi connectivity index (χ3v) is 2.84. The van der Waals surface area contributed by atoms with Crippen LogP contribution in [-0.4, -0.2) is 40.0 Å². The highest BCUT2D eigenvalue weighted by Crippen LogP contribution is 2.09. The van der Waals surface area contributed by atoms with Crippen LogP contribution in [0.4, 0.5) is 5.82 Å². The van der Waals surface area contributed by atoms with Crippen LogP contribution in [0.5, 0.6) is 0 Å². The smallest absolute Gasteiger partial charge is 0.134 e. The van der Waals surface area contributed by atoms with Crippen LogP contribution in [0.15, 0.2) is 12.4 Å². The van der Waals surface area contributed by atoms with E-state index in [0.717, 1.165) is 18.9 Å². The minimum atomic E-state index is 0.465. The Labute approximate surface area is 108 Å². The Kier molecular flexibility index (Phi) is 5.65. The molecule has 0 unspecified atom stereocenters. The van der Waals surface area contributed by atoms with E-state index < -0.39 is 0 Å². The first-order valence-electron chi connectivity index (χ1n) is 5.98. The van der Waals surface area contributed by atoms with Gasteiger partial charge in [0.1, 0.15) is 17.3 Å². The van der Waals surface area contributed by atoms with Crippen molar-refractivity contribution in [2.75, 3.05) is 18.4 Å². The van der Waals surface area contributed by atoms with Crippen LogP contribution in [0.3, 0.4) is 0 Å². The molecule has 0 saturated heterocycles. The van der Waals surface area contributed by atoms with Crippen LogP contribution in [-0.2, 0) is 0 Å². The number of rotatable bonds is 6. The van der Waals surface area contributed by atoms with Gasteiger partial charge in [-0.05, 0) is 27.7 Å². The third-order valence-electron chi connectivity index (χ3n) is 2.64. The summed E-state index contributed by atoms with van der Waals surface area (Å²) in [5.74, 6) is 0.775. The van der Waals surface area contributed by atoms with Crippen LogP contribution < -0.4 is 5.32 Å². The van der Waals surface area contributed by atoms with Gasteiger partial charge in [0, 0.05) is 31.2 Å². The van der Waals surface area contributed by atoms with Crippen molar-refractivity contribution < 1.29 is 0 Å². The summed E-state index contributed by atoms with van der Waals surface area (Å²) in [5.41, 5.74) is 0. The minimum absolute atomic E-state index is 0.465. The maximum Gasteiger partial charge on any atom is 0.134 e. The molecular weight excluding hydrogens is 236 g/mol. The van der Waals surface area contributed by atoms with E-state index in [4.69, 9.17) is 11.6 Å². The normalized spacial score (nSPS) is 11.5. The van der Waals surface area contributed by atoms with Crippen molar-refractivity contribution >= 4 is 17.4 Å². The van der Waals surface area contributed by atoms with Crippen LogP contribution in [0.25, 0.3) is 0 Å². The summed E-state index contributed by atoms with van der Waals surface area (Å²) < 4.78 is 0. The Morgan fingerprint density at radius 3 is 2.41 bits per heavy atom. The standard InChI is InChI=1S/C12H21ClN4/c1-9(2)17(10(3)4)6-5-14-12-7-11(13)15-8-16-12/h7-10H,5-6H2,1-4H3,(H,14,15,16). The number of hydrogen-bond donors (Lipinski definition) is 1. The molecule has 5 heteroatoms. The Morgan fingerprint density at radius 2 is 1.88 bits per heavy atom. The first-order valence-corrected chi connectivity index (χ1v) is 6.35. The van der Waals surface area contributed by atoms with E-state index in [-0.39, 0.29) is 0 Å². The number of hydrogen-bond acceptors (Lipinski definition) is 4. The van der Waals surface area contributed by atoms with Crippen molar-refractivity contribution in [3.63, 3.8) is 0 Å². The van der Waals surface area contributed by atoms with Gasteiger partial charge in [-0.3, -0.25) is 4.90 Å². The van der Waals surface area contributed by atoms with E-state index in [9.17, 15) is 0 Å². The molecule has 1 N–H and O–H groups in total. The number of halogens is 1. The van der Waals surface area contributed by atoms with Crippen molar-refractivity contribution in [3.05, 3.63) is 17.5 Å². The highest BCUT2D eigenvalue weighted by Gasteiger charge is 2.12. The fourth-order valence-electron chi connectivity index (χ4n) is 1.86. The van der Waals surface area contributed by atoms with Gasteiger partial charge in [-0.2, -0.15) is 0 Å². The number of nitrogens with one attached hydrogen (secondary N) is 1. The lowest BCUT2D eigenvalue weighted by Crippen LogP contribution is -2.40. The van der Waals surface area contributed by atoms with E-state index in [1.807, 2.05) is 0 Å². The van der Waals surface area contributed by atoms with E-state index in [0.29, 0.717) is 17.2 Å². The summed E-state index contributed by atoms with van der Waals surface area (Å²) in [6.45, 7) is 10.7. The number of aromatic nitrogens is 2. The maximum absolute atomic E-state index is 5.79. The predicted molar refractivity (Wildman–Crippen MR) is 72.5 cm³/mol. The molecule has 1 rings (SSSR count). The fourth-order valence-corrected chi connectivity index (χ4v) is 2.00. The summed E-state index contributed by atoms with van der Waals surface area (Å²) in [5, 5.41) is 3.71. The summed E-state index contributed by atoms with van der Waals surface area (Å²) >= 11 is 5.79. The minimum Gasteiger partial charge on any atom is -0.369 e. The predicted octanol–water partition coefficient (Wildman–Crippen LogP) is 2.66. The van der Waals surface area contributed by atoms with Gasteiger partial charge in [0.2, 0.25) is 0 Å². The zero-order valence-corrected chi connectivity index (χ0v) is 11.7. The Hall–Kier alpha value is -0.870. The van der Waals surface area contributed by atoms with Crippen molar-refractivity contribution in [1.82, 2.24) is 14.9 Å². The van der Waals surface area contributed by atoms with Crippen molar-refractivity contribution in [2.24, 2.45) is 0 Å². The fraction of sp³-hybridized carbons (Fsp3) is 0.667. The highest BCUT2D eigenvalue weighted by atomic mass is 35.5. The average Bonchev–Trinajstić information content (AvgIpc) is 2.23. The molecule has 0 spiro atoms. The summed E-state index contributed by atoms with van der Waals surface area (Å²) in [7, 11) is 0. The Balaban J connectivity index is 2.41. The van der Waals surface area contributed by atoms with Gasteiger partial charge in [-0.25, -0.2) is 9.97 Å². The molecule has 0 aliphatic rings. The molecule has 0 fully saturated rings. The molecule has 17 heavy (non-hydrogen) atoms. The van der Waals surface area contributed by atoms with Gasteiger partial charge in [0.05, 0.1) is 0 Å². The van der Waals surface area contributed by atoms with Crippen LogP contribution in [0.2, 0.25) is 5.15 Å². The first kappa shape index (κ1) is 14.2. The average molecular weight is 257 g/mol. The molecule has 1 aromatic rings. The lowest BCUT2D eigenvalue weighted by atomic mass is 10.2. The molecule has 0 radical (unpaired) electrons. The second-order valence-electron chi connectivity index (χ2n) is 4.58. The van der Waals surface area contributed by atoms with Gasteiger partial charge in [0.15, 0.2) is 0 Å². The molecule has 0 amide bonds. The highest BCUT2D eigenvalue weighted by molar-refractivity contribution is 6.29. The maximum atomic E-state index is 5.79. The van der Waals surface area contributed by atoms with Crippen molar-refractivity contribution in [2.45, 2.75) is 39.8 Å². The van der Waals surface area contributed by atoms with E-state index >= 15 is 0 Å². The largest absolute Gasteiger partial charge is 0.369 e. The van der Waals surface area contributed by atoms with Gasteiger partial charge >= 0.3 is 0 Å². The lowest BCUT2D eigenvalue weighted by molar-refractivity contribution is 0.182. The second-order valence-corrected chi connectivity index (χ2v) is 4.97. The Bertz CT molecular complexity index is 333. The third kappa shape index (κ3) is 4.88. The lowest BCUT2D eigenvalue weighted by Gasteiger charge is -2.30. The SMILES string of the molecule is CC(C)N(CCNc1cc(Cl)ncn1)C(C)C. The Morgan fingerprint density at radius 1 is 1.24 bits per heavy atom. The molecule has 96 valence electrons. The van der Waals surface area contributed by atoms with Crippen LogP contribution in [0.1, 0.15) is 27.7 Å². The van der Waals surface area contributed by atoms with E-state index in [1.165, 1.54) is 6.33 Å². The molecule has 0 saturated carbocycles. The first-order chi connectivity index (χ1) is 8.00. The van der Waals surface area contributed by atoms with Crippen LogP contribution >= 0.6 is 11.6 Å². The van der Waals surface area contributed by atoms with Crippen molar-refractivity contribution in [3.8, 4) is 0 Å². The molecular formula is C12H21ClN4. The summed E-state index contributed by atoms with van der Waals surface area (Å²) in [6, 6.07) is 2.83. The van der Waals surface area contributed by atoms with E-state index in [1.54, 1.807) is 6.07 Å². The molecule has 1 heterocycles. The zero-order chi connectivity index (χ0) is 12.8. The van der Waals surface area contributed by atoms with Gasteiger partial charge in [-0.15, -0.1) is 0 Å². The molecule has 0 bridgehead atoms. The number of anilines is 1. The van der Waals surface area contributed by atoms with Gasteiger partial charge in [-0.1, -0.05) is 11.6 Å². The van der Waals surface area contributed by atoms with Gasteiger partial charge in [0.25, 0.3) is 0 Å². The number of nitrogens with zero attached hydrogens (tertiary/aromatic N) is 3. The molecule has 1 aromatic heterocycles. The van der Waals surface area contributed by atoms with Crippen LogP contribution in [0, 0.1) is 0 Å². The summed E-state index contributed by atoms with van der Waals surface area (Å²) in [4.78, 5) is 10.4. The summed E-state index contributed by atoms with van der Waals surface area (Å²) in [6.07, 6.45) is 1.47. The van der Waals surface area contributed by atoms with Crippen molar-refractivity contribution in [1.29, 1.82) is 0 Å². The second kappa shape index (κ2) is 6.77. The molecule has 4 nitrogen and oxygen atoms in total. The van der Waals surface area contributed by atoms with Gasteiger partial charge < -0.3 is 5.32 Å². The monoisotopic (exact) mass is 256 g/mol.